The molecule has 1 atom stereocenters. The van der Waals surface area contributed by atoms with Gasteiger partial charge in [0, 0.05) is 17.2 Å². The van der Waals surface area contributed by atoms with Gasteiger partial charge in [-0.25, -0.2) is 0 Å². The standard InChI is InChI=1S/C18H19BrClNO4/c1-10-7-12(20)5-6-15(10)25-11(2)18(22)21-14-9-16(23-3)13(19)8-17(14)24-4/h5-9,11H,1-4H3,(H,21,22). The molecule has 0 fully saturated rings. The largest absolute Gasteiger partial charge is 0.495 e. The van der Waals surface area contributed by atoms with Crippen LogP contribution in [0.4, 0.5) is 5.69 Å². The number of anilines is 1. The van der Waals surface area contributed by atoms with Crippen LogP contribution in [0.3, 0.4) is 0 Å². The molecule has 134 valence electrons. The van der Waals surface area contributed by atoms with Gasteiger partial charge < -0.3 is 19.5 Å². The molecule has 2 rings (SSSR count). The molecular weight excluding hydrogens is 410 g/mol. The number of benzene rings is 2. The molecule has 25 heavy (non-hydrogen) atoms. The Morgan fingerprint density at radius 2 is 1.80 bits per heavy atom. The van der Waals surface area contributed by atoms with E-state index in [0.29, 0.717) is 28.0 Å². The molecule has 1 N–H and O–H groups in total. The van der Waals surface area contributed by atoms with E-state index in [0.717, 1.165) is 10.0 Å². The van der Waals surface area contributed by atoms with Gasteiger partial charge in [0.2, 0.25) is 0 Å². The number of carbonyl (C=O) groups is 1. The normalized spacial score (nSPS) is 11.6. The van der Waals surface area contributed by atoms with E-state index < -0.39 is 6.10 Å². The zero-order chi connectivity index (χ0) is 18.6. The molecule has 0 saturated carbocycles. The molecular formula is C18H19BrClNO4. The van der Waals surface area contributed by atoms with Gasteiger partial charge in [-0.1, -0.05) is 11.6 Å². The van der Waals surface area contributed by atoms with Gasteiger partial charge in [0.1, 0.15) is 17.2 Å². The first-order chi connectivity index (χ1) is 11.8. The van der Waals surface area contributed by atoms with Crippen LogP contribution in [0, 0.1) is 6.92 Å². The molecule has 0 aromatic heterocycles. The molecule has 2 aromatic rings. The minimum absolute atomic E-state index is 0.308. The van der Waals surface area contributed by atoms with E-state index in [1.807, 2.05) is 6.92 Å². The van der Waals surface area contributed by atoms with E-state index in [1.165, 1.54) is 7.11 Å². The first kappa shape index (κ1) is 19.4. The molecule has 0 saturated heterocycles. The van der Waals surface area contributed by atoms with Gasteiger partial charge in [-0.2, -0.15) is 0 Å². The number of methoxy groups -OCH3 is 2. The lowest BCUT2D eigenvalue weighted by molar-refractivity contribution is -0.122. The fourth-order valence-electron chi connectivity index (χ4n) is 2.18. The lowest BCUT2D eigenvalue weighted by atomic mass is 10.2. The highest BCUT2D eigenvalue weighted by Crippen LogP contribution is 2.36. The van der Waals surface area contributed by atoms with Gasteiger partial charge in [0.05, 0.1) is 24.4 Å². The van der Waals surface area contributed by atoms with E-state index in [-0.39, 0.29) is 5.91 Å². The molecule has 7 heteroatoms. The van der Waals surface area contributed by atoms with E-state index in [4.69, 9.17) is 25.8 Å². The highest BCUT2D eigenvalue weighted by atomic mass is 79.9. The minimum Gasteiger partial charge on any atom is -0.495 e. The molecule has 1 amide bonds. The fourth-order valence-corrected chi connectivity index (χ4v) is 2.89. The maximum Gasteiger partial charge on any atom is 0.265 e. The molecule has 0 aliphatic rings. The maximum atomic E-state index is 12.5. The second-order valence-electron chi connectivity index (χ2n) is 5.35. The molecule has 1 unspecified atom stereocenters. The summed E-state index contributed by atoms with van der Waals surface area (Å²) in [6, 6.07) is 8.65. The van der Waals surface area contributed by atoms with Crippen molar-refractivity contribution in [1.82, 2.24) is 0 Å². The van der Waals surface area contributed by atoms with Crippen molar-refractivity contribution in [1.29, 1.82) is 0 Å². The zero-order valence-corrected chi connectivity index (χ0v) is 16.7. The molecule has 0 aliphatic heterocycles. The summed E-state index contributed by atoms with van der Waals surface area (Å²) in [5, 5.41) is 3.42. The summed E-state index contributed by atoms with van der Waals surface area (Å²) in [6.07, 6.45) is -0.709. The smallest absolute Gasteiger partial charge is 0.265 e. The number of carbonyl (C=O) groups excluding carboxylic acids is 1. The average Bonchev–Trinajstić information content (AvgIpc) is 2.58. The summed E-state index contributed by atoms with van der Waals surface area (Å²) in [4.78, 5) is 12.5. The number of ether oxygens (including phenoxy) is 3. The predicted octanol–water partition coefficient (Wildman–Crippen LogP) is 4.83. The predicted molar refractivity (Wildman–Crippen MR) is 102 cm³/mol. The fraction of sp³-hybridized carbons (Fsp3) is 0.278. The Morgan fingerprint density at radius 1 is 1.12 bits per heavy atom. The lowest BCUT2D eigenvalue weighted by Crippen LogP contribution is -2.30. The van der Waals surface area contributed by atoms with Crippen LogP contribution in [-0.2, 0) is 4.79 Å². The van der Waals surface area contributed by atoms with Crippen molar-refractivity contribution < 1.29 is 19.0 Å². The van der Waals surface area contributed by atoms with Gasteiger partial charge in [0.15, 0.2) is 6.10 Å². The lowest BCUT2D eigenvalue weighted by Gasteiger charge is -2.18. The third-order valence-electron chi connectivity index (χ3n) is 3.54. The minimum atomic E-state index is -0.709. The van der Waals surface area contributed by atoms with Gasteiger partial charge in [-0.15, -0.1) is 0 Å². The van der Waals surface area contributed by atoms with Gasteiger partial charge in [0.25, 0.3) is 5.91 Å². The molecule has 0 spiro atoms. The SMILES string of the molecule is COc1cc(NC(=O)C(C)Oc2ccc(Cl)cc2C)c(OC)cc1Br. The molecule has 2 aromatic carbocycles. The number of nitrogens with one attached hydrogen (secondary N) is 1. The number of rotatable bonds is 6. The van der Waals surface area contributed by atoms with E-state index >= 15 is 0 Å². The van der Waals surface area contributed by atoms with Gasteiger partial charge in [-0.05, 0) is 53.5 Å². The first-order valence-corrected chi connectivity index (χ1v) is 8.68. The molecule has 0 bridgehead atoms. The van der Waals surface area contributed by atoms with Crippen LogP contribution in [-0.4, -0.2) is 26.2 Å². The molecule has 5 nitrogen and oxygen atoms in total. The van der Waals surface area contributed by atoms with Crippen LogP contribution in [0.2, 0.25) is 5.02 Å². The Bertz CT molecular complexity index is 782. The maximum absolute atomic E-state index is 12.5. The van der Waals surface area contributed by atoms with Crippen molar-refractivity contribution in [3.63, 3.8) is 0 Å². The third kappa shape index (κ3) is 4.80. The van der Waals surface area contributed by atoms with Crippen LogP contribution >= 0.6 is 27.5 Å². The first-order valence-electron chi connectivity index (χ1n) is 7.51. The summed E-state index contributed by atoms with van der Waals surface area (Å²) in [6.45, 7) is 3.54. The van der Waals surface area contributed by atoms with Gasteiger partial charge in [-0.3, -0.25) is 4.79 Å². The number of hydrogen-bond acceptors (Lipinski definition) is 4. The van der Waals surface area contributed by atoms with Crippen molar-refractivity contribution in [2.45, 2.75) is 20.0 Å². The van der Waals surface area contributed by atoms with Crippen LogP contribution in [0.5, 0.6) is 17.2 Å². The molecule has 0 radical (unpaired) electrons. The van der Waals surface area contributed by atoms with Crippen molar-refractivity contribution in [2.75, 3.05) is 19.5 Å². The van der Waals surface area contributed by atoms with Crippen LogP contribution < -0.4 is 19.5 Å². The Hall–Kier alpha value is -1.92. The Kier molecular flexibility index (Phi) is 6.56. The van der Waals surface area contributed by atoms with Crippen molar-refractivity contribution >= 4 is 39.1 Å². The number of aryl methyl sites for hydroxylation is 1. The molecule has 0 aliphatic carbocycles. The highest BCUT2D eigenvalue weighted by Gasteiger charge is 2.19. The zero-order valence-electron chi connectivity index (χ0n) is 14.4. The van der Waals surface area contributed by atoms with Crippen molar-refractivity contribution in [3.05, 3.63) is 45.4 Å². The van der Waals surface area contributed by atoms with E-state index in [1.54, 1.807) is 44.4 Å². The van der Waals surface area contributed by atoms with Crippen molar-refractivity contribution in [3.8, 4) is 17.2 Å². The van der Waals surface area contributed by atoms with Crippen LogP contribution in [0.25, 0.3) is 0 Å². The summed E-state index contributed by atoms with van der Waals surface area (Å²) in [5.74, 6) is 1.39. The second kappa shape index (κ2) is 8.45. The van der Waals surface area contributed by atoms with E-state index in [9.17, 15) is 4.79 Å². The Labute approximate surface area is 160 Å². The third-order valence-corrected chi connectivity index (χ3v) is 4.40. The number of amides is 1. The number of hydrogen-bond donors (Lipinski definition) is 1. The van der Waals surface area contributed by atoms with Gasteiger partial charge >= 0.3 is 0 Å². The Balaban J connectivity index is 2.15. The summed E-state index contributed by atoms with van der Waals surface area (Å²) in [7, 11) is 3.08. The Morgan fingerprint density at radius 3 is 2.40 bits per heavy atom. The van der Waals surface area contributed by atoms with Crippen molar-refractivity contribution in [2.24, 2.45) is 0 Å². The molecule has 0 heterocycles. The van der Waals surface area contributed by atoms with E-state index in [2.05, 4.69) is 21.2 Å². The topological polar surface area (TPSA) is 56.8 Å². The van der Waals surface area contributed by atoms with Crippen LogP contribution in [0.15, 0.2) is 34.8 Å². The quantitative estimate of drug-likeness (QED) is 0.716. The summed E-state index contributed by atoms with van der Waals surface area (Å²) in [5.41, 5.74) is 1.35. The second-order valence-corrected chi connectivity index (χ2v) is 6.64. The number of halogens is 2. The van der Waals surface area contributed by atoms with Crippen LogP contribution in [0.1, 0.15) is 12.5 Å². The summed E-state index contributed by atoms with van der Waals surface area (Å²) < 4.78 is 17.0. The average molecular weight is 429 g/mol. The summed E-state index contributed by atoms with van der Waals surface area (Å²) >= 11 is 9.32. The highest BCUT2D eigenvalue weighted by molar-refractivity contribution is 9.10. The monoisotopic (exact) mass is 427 g/mol.